The van der Waals surface area contributed by atoms with Gasteiger partial charge in [0.15, 0.2) is 5.13 Å². The van der Waals surface area contributed by atoms with Crippen LogP contribution >= 0.6 is 11.3 Å². The Morgan fingerprint density at radius 3 is 2.55 bits per heavy atom. The van der Waals surface area contributed by atoms with Crippen LogP contribution in [0.2, 0.25) is 0 Å². The summed E-state index contributed by atoms with van der Waals surface area (Å²) < 4.78 is 33.8. The van der Waals surface area contributed by atoms with Crippen LogP contribution in [0.5, 0.6) is 5.75 Å². The number of methoxy groups -OCH3 is 1. The van der Waals surface area contributed by atoms with Gasteiger partial charge < -0.3 is 4.74 Å². The minimum atomic E-state index is -3.58. The second-order valence-corrected chi connectivity index (χ2v) is 10.5. The van der Waals surface area contributed by atoms with Crippen molar-refractivity contribution in [2.45, 2.75) is 11.4 Å². The van der Waals surface area contributed by atoms with E-state index in [1.54, 1.807) is 22.9 Å². The first-order chi connectivity index (χ1) is 15.8. The molecule has 4 aromatic rings. The Morgan fingerprint density at radius 2 is 1.91 bits per heavy atom. The monoisotopic (exact) mass is 485 g/mol. The molecule has 0 unspecified atom stereocenters. The van der Waals surface area contributed by atoms with Gasteiger partial charge in [0.1, 0.15) is 5.75 Å². The summed E-state index contributed by atoms with van der Waals surface area (Å²) in [6, 6.07) is 13.3. The number of sulfonamides is 1. The number of carbonyl (C=O) groups excluding carboxylic acids is 1. The topological polar surface area (TPSA) is 97.6 Å². The molecule has 172 valence electrons. The van der Waals surface area contributed by atoms with Gasteiger partial charge in [-0.2, -0.15) is 5.10 Å². The highest BCUT2D eigenvalue weighted by atomic mass is 32.2. The molecular weight excluding hydrogens is 462 g/mol. The molecule has 0 spiro atoms. The molecule has 0 saturated heterocycles. The lowest BCUT2D eigenvalue weighted by Crippen LogP contribution is -2.34. The van der Waals surface area contributed by atoms with Crippen molar-refractivity contribution in [3.63, 3.8) is 0 Å². The fourth-order valence-corrected chi connectivity index (χ4v) is 5.11. The first-order valence-corrected chi connectivity index (χ1v) is 12.3. The molecule has 4 rings (SSSR count). The summed E-state index contributed by atoms with van der Waals surface area (Å²) in [5, 5.41) is 4.75. The van der Waals surface area contributed by atoms with Gasteiger partial charge in [0, 0.05) is 38.6 Å². The maximum atomic E-state index is 13.5. The molecule has 33 heavy (non-hydrogen) atoms. The van der Waals surface area contributed by atoms with E-state index in [4.69, 9.17) is 4.74 Å². The molecule has 0 aliphatic heterocycles. The Labute approximate surface area is 195 Å². The third kappa shape index (κ3) is 4.75. The van der Waals surface area contributed by atoms with Gasteiger partial charge in [0.25, 0.3) is 5.91 Å². The Bertz CT molecular complexity index is 1360. The smallest absolute Gasteiger partial charge is 0.260 e. The summed E-state index contributed by atoms with van der Waals surface area (Å²) in [5.74, 6) is 0.437. The van der Waals surface area contributed by atoms with E-state index >= 15 is 0 Å². The van der Waals surface area contributed by atoms with Crippen molar-refractivity contribution in [3.8, 4) is 5.75 Å². The van der Waals surface area contributed by atoms with Crippen LogP contribution in [0.15, 0.2) is 65.8 Å². The van der Waals surface area contributed by atoms with Gasteiger partial charge in [0.2, 0.25) is 10.0 Å². The fraction of sp³-hybridized carbons (Fsp3) is 0.227. The van der Waals surface area contributed by atoms with Crippen LogP contribution in [0, 0.1) is 0 Å². The molecule has 0 aliphatic rings. The zero-order chi connectivity index (χ0) is 23.6. The van der Waals surface area contributed by atoms with Crippen molar-refractivity contribution in [2.75, 3.05) is 32.6 Å². The predicted octanol–water partition coefficient (Wildman–Crippen LogP) is 3.10. The van der Waals surface area contributed by atoms with Crippen molar-refractivity contribution in [2.24, 2.45) is 0 Å². The van der Waals surface area contributed by atoms with E-state index in [0.717, 1.165) is 14.5 Å². The van der Waals surface area contributed by atoms with Crippen molar-refractivity contribution in [3.05, 3.63) is 66.5 Å². The van der Waals surface area contributed by atoms with Gasteiger partial charge in [-0.25, -0.2) is 17.7 Å². The van der Waals surface area contributed by atoms with Crippen LogP contribution < -0.4 is 9.64 Å². The van der Waals surface area contributed by atoms with Crippen LogP contribution in [0.4, 0.5) is 5.13 Å². The molecule has 0 atom stereocenters. The summed E-state index contributed by atoms with van der Waals surface area (Å²) in [4.78, 5) is 19.8. The number of carbonyl (C=O) groups is 1. The quantitative estimate of drug-likeness (QED) is 0.380. The lowest BCUT2D eigenvalue weighted by Gasteiger charge is -2.20. The SMILES string of the molecule is COc1ccc2nc(N(CCn3cccn3)C(=O)c3ccc(S(=O)(=O)N(C)C)cc3)sc2c1. The molecule has 1 amide bonds. The van der Waals surface area contributed by atoms with E-state index in [0.29, 0.717) is 29.5 Å². The van der Waals surface area contributed by atoms with Crippen LogP contribution in [0.25, 0.3) is 10.2 Å². The highest BCUT2D eigenvalue weighted by Crippen LogP contribution is 2.32. The highest BCUT2D eigenvalue weighted by Gasteiger charge is 2.23. The zero-order valence-electron chi connectivity index (χ0n) is 18.4. The number of rotatable bonds is 8. The summed E-state index contributed by atoms with van der Waals surface area (Å²) in [7, 11) is 0.951. The molecule has 9 nitrogen and oxygen atoms in total. The number of anilines is 1. The molecule has 2 heterocycles. The normalized spacial score (nSPS) is 11.8. The van der Waals surface area contributed by atoms with E-state index in [-0.39, 0.29) is 10.8 Å². The maximum absolute atomic E-state index is 13.5. The predicted molar refractivity (Wildman–Crippen MR) is 127 cm³/mol. The fourth-order valence-electron chi connectivity index (χ4n) is 3.19. The lowest BCUT2D eigenvalue weighted by atomic mass is 10.2. The second-order valence-electron chi connectivity index (χ2n) is 7.37. The van der Waals surface area contributed by atoms with Crippen LogP contribution in [0.1, 0.15) is 10.4 Å². The molecule has 0 bridgehead atoms. The number of amides is 1. The third-order valence-electron chi connectivity index (χ3n) is 5.05. The molecule has 0 saturated carbocycles. The standard InChI is InChI=1S/C22H23N5O4S2/c1-25(2)33(29,30)18-8-5-16(6-9-18)21(28)27(14-13-26-12-4-11-23-26)22-24-19-10-7-17(31-3)15-20(19)32-22/h4-12,15H,13-14H2,1-3H3. The number of fused-ring (bicyclic) bond motifs is 1. The lowest BCUT2D eigenvalue weighted by molar-refractivity contribution is 0.0985. The molecule has 0 N–H and O–H groups in total. The molecule has 0 radical (unpaired) electrons. The Hall–Kier alpha value is -3.28. The summed E-state index contributed by atoms with van der Waals surface area (Å²) in [6.07, 6.45) is 3.51. The van der Waals surface area contributed by atoms with Crippen molar-refractivity contribution < 1.29 is 17.9 Å². The molecule has 0 aliphatic carbocycles. The van der Waals surface area contributed by atoms with Crippen LogP contribution in [-0.4, -0.2) is 61.1 Å². The zero-order valence-corrected chi connectivity index (χ0v) is 20.0. The van der Waals surface area contributed by atoms with E-state index in [9.17, 15) is 13.2 Å². The molecule has 11 heteroatoms. The number of benzene rings is 2. The Kier molecular flexibility index (Phi) is 6.45. The summed E-state index contributed by atoms with van der Waals surface area (Å²) >= 11 is 1.39. The van der Waals surface area contributed by atoms with E-state index in [2.05, 4.69) is 10.1 Å². The first kappa shape index (κ1) is 22.9. The average molecular weight is 486 g/mol. The second kappa shape index (κ2) is 9.30. The van der Waals surface area contributed by atoms with Gasteiger partial charge in [-0.3, -0.25) is 14.4 Å². The van der Waals surface area contributed by atoms with Crippen molar-refractivity contribution in [1.29, 1.82) is 0 Å². The minimum absolute atomic E-state index is 0.124. The molecule has 2 aromatic heterocycles. The summed E-state index contributed by atoms with van der Waals surface area (Å²) in [5.41, 5.74) is 1.13. The third-order valence-corrected chi connectivity index (χ3v) is 7.92. The Balaban J connectivity index is 1.67. The van der Waals surface area contributed by atoms with Crippen molar-refractivity contribution in [1.82, 2.24) is 19.1 Å². The van der Waals surface area contributed by atoms with Gasteiger partial charge >= 0.3 is 0 Å². The van der Waals surface area contributed by atoms with Gasteiger partial charge in [-0.05, 0) is 48.5 Å². The number of nitrogens with zero attached hydrogens (tertiary/aromatic N) is 5. The minimum Gasteiger partial charge on any atom is -0.497 e. The number of ether oxygens (including phenoxy) is 1. The molecular formula is C22H23N5O4S2. The summed E-state index contributed by atoms with van der Waals surface area (Å²) in [6.45, 7) is 0.820. The molecule has 0 fully saturated rings. The van der Waals surface area contributed by atoms with E-state index < -0.39 is 10.0 Å². The van der Waals surface area contributed by atoms with Crippen molar-refractivity contribution >= 4 is 42.6 Å². The van der Waals surface area contributed by atoms with E-state index in [1.807, 2.05) is 30.5 Å². The van der Waals surface area contributed by atoms with Crippen LogP contribution in [-0.2, 0) is 16.6 Å². The average Bonchev–Trinajstić information content (AvgIpc) is 3.48. The number of hydrogen-bond donors (Lipinski definition) is 0. The number of thiazole rings is 1. The Morgan fingerprint density at radius 1 is 1.15 bits per heavy atom. The number of hydrogen-bond acceptors (Lipinski definition) is 7. The van der Waals surface area contributed by atoms with Crippen LogP contribution in [0.3, 0.4) is 0 Å². The van der Waals surface area contributed by atoms with Gasteiger partial charge in [-0.1, -0.05) is 11.3 Å². The van der Waals surface area contributed by atoms with E-state index in [1.165, 1.54) is 49.7 Å². The largest absolute Gasteiger partial charge is 0.497 e. The molecule has 2 aromatic carbocycles. The highest BCUT2D eigenvalue weighted by molar-refractivity contribution is 7.89. The number of aromatic nitrogens is 3. The van der Waals surface area contributed by atoms with Gasteiger partial charge in [-0.15, -0.1) is 0 Å². The van der Waals surface area contributed by atoms with Gasteiger partial charge in [0.05, 0.1) is 28.8 Å². The first-order valence-electron chi connectivity index (χ1n) is 10.1. The maximum Gasteiger partial charge on any atom is 0.260 e.